The molecule has 1 aromatic rings. The molecule has 0 N–H and O–H groups in total. The lowest BCUT2D eigenvalue weighted by Crippen LogP contribution is -2.35. The fourth-order valence-corrected chi connectivity index (χ4v) is 3.48. The van der Waals surface area contributed by atoms with E-state index in [2.05, 4.69) is 35.7 Å². The molecule has 0 saturated carbocycles. The van der Waals surface area contributed by atoms with Gasteiger partial charge < -0.3 is 0 Å². The molecule has 0 spiro atoms. The number of rotatable bonds is 2. The Morgan fingerprint density at radius 1 is 1.29 bits per heavy atom. The Morgan fingerprint density at radius 2 is 2.12 bits per heavy atom. The molecule has 2 aliphatic rings. The smallest absolute Gasteiger partial charge is 0.0171 e. The number of hydrogen-bond acceptors (Lipinski definition) is 1. The number of fused-ring (bicyclic) bond motifs is 3. The zero-order valence-electron chi connectivity index (χ0n) is 10.1. The third-order valence-corrected chi connectivity index (χ3v) is 4.19. The van der Waals surface area contributed by atoms with Crippen LogP contribution < -0.4 is 0 Å². The number of benzene rings is 1. The predicted octanol–water partition coefficient (Wildman–Crippen LogP) is 3.40. The minimum atomic E-state index is 0. The van der Waals surface area contributed by atoms with Crippen LogP contribution in [0.3, 0.4) is 0 Å². The minimum absolute atomic E-state index is 0. The second-order valence-electron chi connectivity index (χ2n) is 4.98. The maximum atomic E-state index is 3.86. The summed E-state index contributed by atoms with van der Waals surface area (Å²) in [7, 11) is 0. The lowest BCUT2D eigenvalue weighted by atomic mass is 9.79. The van der Waals surface area contributed by atoms with Gasteiger partial charge in [0.25, 0.3) is 0 Å². The molecule has 1 saturated heterocycles. The lowest BCUT2D eigenvalue weighted by molar-refractivity contribution is 0.250. The molecule has 0 bridgehead atoms. The number of hydrogen-bond donors (Lipinski definition) is 0. The Morgan fingerprint density at radius 3 is 2.94 bits per heavy atom. The molecule has 1 aliphatic carbocycles. The highest BCUT2D eigenvalue weighted by Crippen LogP contribution is 2.41. The fraction of sp³-hybridized carbons (Fsp3) is 0.467. The zero-order chi connectivity index (χ0) is 11.0. The van der Waals surface area contributed by atoms with Crippen molar-refractivity contribution in [2.24, 2.45) is 0 Å². The van der Waals surface area contributed by atoms with E-state index in [1.54, 1.807) is 11.1 Å². The van der Waals surface area contributed by atoms with E-state index in [4.69, 9.17) is 0 Å². The monoisotopic (exact) mass is 249 g/mol. The van der Waals surface area contributed by atoms with E-state index in [-0.39, 0.29) is 12.4 Å². The third kappa shape index (κ3) is 2.14. The number of likely N-dealkylation sites (tertiary alicyclic amines) is 1. The van der Waals surface area contributed by atoms with Crippen LogP contribution in [0.5, 0.6) is 0 Å². The van der Waals surface area contributed by atoms with Gasteiger partial charge in [0, 0.05) is 18.5 Å². The van der Waals surface area contributed by atoms with Gasteiger partial charge in [0.1, 0.15) is 0 Å². The Kier molecular flexibility index (Phi) is 3.90. The second kappa shape index (κ2) is 5.24. The molecule has 0 radical (unpaired) electrons. The molecule has 1 fully saturated rings. The van der Waals surface area contributed by atoms with Crippen molar-refractivity contribution in [3.05, 3.63) is 48.0 Å². The highest BCUT2D eigenvalue weighted by molar-refractivity contribution is 5.85. The number of aryl methyl sites for hydroxylation is 1. The van der Waals surface area contributed by atoms with Gasteiger partial charge in [-0.2, -0.15) is 0 Å². The largest absolute Gasteiger partial charge is 0.296 e. The van der Waals surface area contributed by atoms with Gasteiger partial charge in [-0.15, -0.1) is 19.0 Å². The third-order valence-electron chi connectivity index (χ3n) is 4.19. The quantitative estimate of drug-likeness (QED) is 0.727. The summed E-state index contributed by atoms with van der Waals surface area (Å²) in [4.78, 5) is 2.60. The summed E-state index contributed by atoms with van der Waals surface area (Å²) in [5.41, 5.74) is 3.20. The molecule has 17 heavy (non-hydrogen) atoms. The lowest BCUT2D eigenvalue weighted by Gasteiger charge is -2.32. The molecule has 3 rings (SSSR count). The van der Waals surface area contributed by atoms with Crippen LogP contribution in [0.2, 0.25) is 0 Å². The van der Waals surface area contributed by atoms with E-state index in [0.29, 0.717) is 0 Å². The van der Waals surface area contributed by atoms with E-state index in [0.717, 1.165) is 18.5 Å². The van der Waals surface area contributed by atoms with E-state index >= 15 is 0 Å². The van der Waals surface area contributed by atoms with Crippen molar-refractivity contribution in [3.63, 3.8) is 0 Å². The molecule has 0 amide bonds. The first-order valence-corrected chi connectivity index (χ1v) is 6.33. The van der Waals surface area contributed by atoms with Gasteiger partial charge in [0.15, 0.2) is 0 Å². The highest BCUT2D eigenvalue weighted by Gasteiger charge is 2.37. The Labute approximate surface area is 110 Å². The molecular formula is C15H20ClN. The molecule has 1 aliphatic heterocycles. The number of nitrogens with zero attached hydrogens (tertiary/aromatic N) is 1. The number of halogens is 1. The summed E-state index contributed by atoms with van der Waals surface area (Å²) in [6.07, 6.45) is 5.96. The summed E-state index contributed by atoms with van der Waals surface area (Å²) in [6.45, 7) is 6.17. The summed E-state index contributed by atoms with van der Waals surface area (Å²) in [5, 5.41) is 0. The Hall–Kier alpha value is -0.790. The van der Waals surface area contributed by atoms with Crippen molar-refractivity contribution in [1.82, 2.24) is 4.90 Å². The van der Waals surface area contributed by atoms with Crippen molar-refractivity contribution in [2.75, 3.05) is 13.1 Å². The molecule has 2 heteroatoms. The first kappa shape index (κ1) is 12.7. The van der Waals surface area contributed by atoms with Crippen molar-refractivity contribution in [1.29, 1.82) is 0 Å². The van der Waals surface area contributed by atoms with Crippen LogP contribution in [-0.2, 0) is 6.42 Å². The van der Waals surface area contributed by atoms with Gasteiger partial charge in [0.2, 0.25) is 0 Å². The maximum Gasteiger partial charge on any atom is 0.0171 e. The first-order valence-electron chi connectivity index (χ1n) is 6.33. The van der Waals surface area contributed by atoms with Crippen molar-refractivity contribution < 1.29 is 0 Å². The van der Waals surface area contributed by atoms with Gasteiger partial charge in [-0.3, -0.25) is 4.90 Å². The van der Waals surface area contributed by atoms with Crippen LogP contribution in [0.1, 0.15) is 29.9 Å². The van der Waals surface area contributed by atoms with Crippen LogP contribution in [-0.4, -0.2) is 24.0 Å². The van der Waals surface area contributed by atoms with Crippen LogP contribution in [0.4, 0.5) is 0 Å². The average Bonchev–Trinajstić information content (AvgIpc) is 2.73. The fourth-order valence-electron chi connectivity index (χ4n) is 3.48. The van der Waals surface area contributed by atoms with E-state index in [1.807, 2.05) is 6.08 Å². The zero-order valence-corrected chi connectivity index (χ0v) is 11.0. The summed E-state index contributed by atoms with van der Waals surface area (Å²) in [6, 6.07) is 9.78. The Balaban J connectivity index is 0.00000108. The van der Waals surface area contributed by atoms with Crippen LogP contribution >= 0.6 is 12.4 Å². The van der Waals surface area contributed by atoms with Gasteiger partial charge in [-0.05, 0) is 36.9 Å². The van der Waals surface area contributed by atoms with E-state index in [9.17, 15) is 0 Å². The highest BCUT2D eigenvalue weighted by atomic mass is 35.5. The maximum absolute atomic E-state index is 3.86. The predicted molar refractivity (Wildman–Crippen MR) is 74.9 cm³/mol. The van der Waals surface area contributed by atoms with Gasteiger partial charge in [0.05, 0.1) is 0 Å². The molecule has 1 heterocycles. The summed E-state index contributed by atoms with van der Waals surface area (Å²) >= 11 is 0. The summed E-state index contributed by atoms with van der Waals surface area (Å²) in [5.74, 6) is 0.782. The first-order chi connectivity index (χ1) is 7.90. The molecule has 92 valence electrons. The van der Waals surface area contributed by atoms with Crippen molar-refractivity contribution in [2.45, 2.75) is 31.2 Å². The van der Waals surface area contributed by atoms with Gasteiger partial charge in [-0.1, -0.05) is 30.3 Å². The van der Waals surface area contributed by atoms with Gasteiger partial charge >= 0.3 is 0 Å². The molecule has 1 nitrogen and oxygen atoms in total. The SMILES string of the molecule is C=CCN1CCC2c3ccccc3CCC21.Cl. The van der Waals surface area contributed by atoms with Crippen molar-refractivity contribution in [3.8, 4) is 0 Å². The van der Waals surface area contributed by atoms with Gasteiger partial charge in [-0.25, -0.2) is 0 Å². The second-order valence-corrected chi connectivity index (χ2v) is 4.98. The average molecular weight is 250 g/mol. The van der Waals surface area contributed by atoms with Crippen LogP contribution in [0.15, 0.2) is 36.9 Å². The standard InChI is InChI=1S/C15H19N.ClH/c1-2-10-16-11-9-14-13-6-4-3-5-12(13)7-8-15(14)16;/h2-6,14-15H,1,7-11H2;1H. The topological polar surface area (TPSA) is 3.24 Å². The molecular weight excluding hydrogens is 230 g/mol. The molecule has 0 aromatic heterocycles. The van der Waals surface area contributed by atoms with E-state index in [1.165, 1.54) is 25.8 Å². The minimum Gasteiger partial charge on any atom is -0.296 e. The molecule has 2 atom stereocenters. The van der Waals surface area contributed by atoms with Crippen LogP contribution in [0, 0.1) is 0 Å². The summed E-state index contributed by atoms with van der Waals surface area (Å²) < 4.78 is 0. The van der Waals surface area contributed by atoms with Crippen LogP contribution in [0.25, 0.3) is 0 Å². The van der Waals surface area contributed by atoms with Crippen molar-refractivity contribution >= 4 is 12.4 Å². The van der Waals surface area contributed by atoms with E-state index < -0.39 is 0 Å². The Bertz CT molecular complexity index is 402. The molecule has 2 unspecified atom stereocenters. The normalized spacial score (nSPS) is 26.8. The molecule has 1 aromatic carbocycles.